The van der Waals surface area contributed by atoms with Crippen molar-refractivity contribution >= 4 is 0 Å². The van der Waals surface area contributed by atoms with Crippen LogP contribution in [-0.4, -0.2) is 4.98 Å². The Kier molecular flexibility index (Phi) is 5.33. The van der Waals surface area contributed by atoms with Gasteiger partial charge in [0.15, 0.2) is 0 Å². The Morgan fingerprint density at radius 2 is 1.55 bits per heavy atom. The molecule has 2 rings (SSSR count). The average Bonchev–Trinajstić information content (AvgIpc) is 2.47. The highest BCUT2D eigenvalue weighted by molar-refractivity contribution is 5.73. The molecule has 0 saturated heterocycles. The first-order chi connectivity index (χ1) is 10.5. The van der Waals surface area contributed by atoms with E-state index in [2.05, 4.69) is 45.0 Å². The number of aromatic nitrogens is 1. The topological polar surface area (TPSA) is 64.9 Å². The zero-order chi connectivity index (χ0) is 16.3. The normalized spacial score (nSPS) is 11.2. The minimum absolute atomic E-state index is 0.483. The lowest BCUT2D eigenvalue weighted by Crippen LogP contribution is -2.14. The summed E-state index contributed by atoms with van der Waals surface area (Å²) in [6.07, 6.45) is 0.942. The van der Waals surface area contributed by atoms with Crippen LogP contribution >= 0.6 is 0 Å². The SMILES string of the molecule is Cc1ccc(-c2c(CN)c(C)nc(CC(C)C)c2CN)cc1. The number of nitrogens with zero attached hydrogens (tertiary/aromatic N) is 1. The van der Waals surface area contributed by atoms with Gasteiger partial charge in [0.05, 0.1) is 0 Å². The van der Waals surface area contributed by atoms with Crippen LogP contribution in [-0.2, 0) is 19.5 Å². The summed E-state index contributed by atoms with van der Waals surface area (Å²) >= 11 is 0. The quantitative estimate of drug-likeness (QED) is 0.888. The predicted molar refractivity (Wildman–Crippen MR) is 93.5 cm³/mol. The molecule has 1 aromatic heterocycles. The van der Waals surface area contributed by atoms with E-state index in [4.69, 9.17) is 16.5 Å². The van der Waals surface area contributed by atoms with Crippen LogP contribution in [0.15, 0.2) is 24.3 Å². The smallest absolute Gasteiger partial charge is 0.0460 e. The molecule has 1 aromatic carbocycles. The van der Waals surface area contributed by atoms with Crippen molar-refractivity contribution in [3.05, 3.63) is 52.3 Å². The third-order valence-electron chi connectivity index (χ3n) is 4.04. The second-order valence-corrected chi connectivity index (χ2v) is 6.35. The molecule has 118 valence electrons. The largest absolute Gasteiger partial charge is 0.326 e. The summed E-state index contributed by atoms with van der Waals surface area (Å²) in [5.74, 6) is 0.548. The molecule has 0 saturated carbocycles. The lowest BCUT2D eigenvalue weighted by atomic mass is 9.90. The second-order valence-electron chi connectivity index (χ2n) is 6.35. The van der Waals surface area contributed by atoms with Crippen molar-refractivity contribution in [1.82, 2.24) is 4.98 Å². The molecule has 0 aliphatic rings. The molecule has 4 N–H and O–H groups in total. The third kappa shape index (κ3) is 3.37. The molecule has 0 aliphatic heterocycles. The number of hydrogen-bond acceptors (Lipinski definition) is 3. The maximum absolute atomic E-state index is 6.09. The summed E-state index contributed by atoms with van der Waals surface area (Å²) < 4.78 is 0. The molecule has 2 aromatic rings. The van der Waals surface area contributed by atoms with E-state index in [0.717, 1.165) is 28.9 Å². The maximum atomic E-state index is 6.09. The van der Waals surface area contributed by atoms with E-state index in [1.165, 1.54) is 16.7 Å². The van der Waals surface area contributed by atoms with Gasteiger partial charge in [-0.3, -0.25) is 4.98 Å². The fourth-order valence-corrected chi connectivity index (χ4v) is 2.94. The van der Waals surface area contributed by atoms with Gasteiger partial charge in [-0.05, 0) is 48.4 Å². The Labute approximate surface area is 133 Å². The van der Waals surface area contributed by atoms with E-state index in [9.17, 15) is 0 Å². The molecule has 22 heavy (non-hydrogen) atoms. The molecule has 3 heteroatoms. The van der Waals surface area contributed by atoms with Gasteiger partial charge in [-0.15, -0.1) is 0 Å². The van der Waals surface area contributed by atoms with Crippen LogP contribution < -0.4 is 11.5 Å². The Hall–Kier alpha value is -1.71. The van der Waals surface area contributed by atoms with Crippen molar-refractivity contribution < 1.29 is 0 Å². The fourth-order valence-electron chi connectivity index (χ4n) is 2.94. The minimum Gasteiger partial charge on any atom is -0.326 e. The molecular weight excluding hydrogens is 270 g/mol. The zero-order valence-corrected chi connectivity index (χ0v) is 14.1. The summed E-state index contributed by atoms with van der Waals surface area (Å²) in [7, 11) is 0. The van der Waals surface area contributed by atoms with Gasteiger partial charge >= 0.3 is 0 Å². The first kappa shape index (κ1) is 16.7. The van der Waals surface area contributed by atoms with Gasteiger partial charge in [0, 0.05) is 24.5 Å². The monoisotopic (exact) mass is 297 g/mol. The summed E-state index contributed by atoms with van der Waals surface area (Å²) in [6.45, 7) is 9.53. The molecule has 1 heterocycles. The molecule has 3 nitrogen and oxygen atoms in total. The fraction of sp³-hybridized carbons (Fsp3) is 0.421. The number of aryl methyl sites for hydroxylation is 2. The molecule has 0 unspecified atom stereocenters. The highest BCUT2D eigenvalue weighted by atomic mass is 14.7. The van der Waals surface area contributed by atoms with Crippen molar-refractivity contribution in [2.75, 3.05) is 0 Å². The van der Waals surface area contributed by atoms with E-state index < -0.39 is 0 Å². The molecular formula is C19H27N3. The van der Waals surface area contributed by atoms with Crippen LogP contribution in [0.3, 0.4) is 0 Å². The van der Waals surface area contributed by atoms with E-state index in [1.807, 2.05) is 6.92 Å². The summed E-state index contributed by atoms with van der Waals surface area (Å²) in [6, 6.07) is 8.57. The summed E-state index contributed by atoms with van der Waals surface area (Å²) in [5, 5.41) is 0. The third-order valence-corrected chi connectivity index (χ3v) is 4.04. The number of rotatable bonds is 5. The lowest BCUT2D eigenvalue weighted by molar-refractivity contribution is 0.628. The molecule has 0 aliphatic carbocycles. The number of hydrogen-bond donors (Lipinski definition) is 2. The highest BCUT2D eigenvalue weighted by Gasteiger charge is 2.18. The lowest BCUT2D eigenvalue weighted by Gasteiger charge is -2.20. The van der Waals surface area contributed by atoms with Crippen LogP contribution in [0, 0.1) is 19.8 Å². The van der Waals surface area contributed by atoms with Crippen molar-refractivity contribution in [3.8, 4) is 11.1 Å². The summed E-state index contributed by atoms with van der Waals surface area (Å²) in [5.41, 5.74) is 20.1. The highest BCUT2D eigenvalue weighted by Crippen LogP contribution is 2.32. The van der Waals surface area contributed by atoms with Crippen molar-refractivity contribution in [1.29, 1.82) is 0 Å². The molecule has 0 bridgehead atoms. The first-order valence-corrected chi connectivity index (χ1v) is 7.96. The first-order valence-electron chi connectivity index (χ1n) is 7.96. The molecule has 0 radical (unpaired) electrons. The van der Waals surface area contributed by atoms with Gasteiger partial charge in [-0.25, -0.2) is 0 Å². The minimum atomic E-state index is 0.483. The van der Waals surface area contributed by atoms with Crippen LogP contribution in [0.4, 0.5) is 0 Å². The van der Waals surface area contributed by atoms with Gasteiger partial charge in [0.1, 0.15) is 0 Å². The Morgan fingerprint density at radius 1 is 0.955 bits per heavy atom. The molecule has 0 atom stereocenters. The zero-order valence-electron chi connectivity index (χ0n) is 14.1. The molecule has 0 amide bonds. The van der Waals surface area contributed by atoms with E-state index in [-0.39, 0.29) is 0 Å². The number of benzene rings is 1. The van der Waals surface area contributed by atoms with Gasteiger partial charge in [-0.1, -0.05) is 43.7 Å². The Morgan fingerprint density at radius 3 is 2.05 bits per heavy atom. The van der Waals surface area contributed by atoms with Crippen LogP contribution in [0.1, 0.15) is 41.9 Å². The molecule has 0 spiro atoms. The second kappa shape index (κ2) is 7.03. The van der Waals surface area contributed by atoms with Crippen molar-refractivity contribution in [2.24, 2.45) is 17.4 Å². The number of pyridine rings is 1. The van der Waals surface area contributed by atoms with Crippen LogP contribution in [0.5, 0.6) is 0 Å². The standard InChI is InChI=1S/C19H27N3/c1-12(2)9-18-17(11-21)19(16(10-20)14(4)22-18)15-7-5-13(3)6-8-15/h5-8,12H,9-11,20-21H2,1-4H3. The summed E-state index contributed by atoms with van der Waals surface area (Å²) in [4.78, 5) is 4.80. The van der Waals surface area contributed by atoms with Gasteiger partial charge in [-0.2, -0.15) is 0 Å². The van der Waals surface area contributed by atoms with Crippen LogP contribution in [0.25, 0.3) is 11.1 Å². The predicted octanol–water partition coefficient (Wildman–Crippen LogP) is 3.48. The van der Waals surface area contributed by atoms with Gasteiger partial charge in [0.2, 0.25) is 0 Å². The average molecular weight is 297 g/mol. The Bertz CT molecular complexity index is 643. The van der Waals surface area contributed by atoms with E-state index in [1.54, 1.807) is 0 Å². The number of nitrogens with two attached hydrogens (primary N) is 2. The van der Waals surface area contributed by atoms with E-state index in [0.29, 0.717) is 19.0 Å². The van der Waals surface area contributed by atoms with Gasteiger partial charge < -0.3 is 11.5 Å². The van der Waals surface area contributed by atoms with E-state index >= 15 is 0 Å². The maximum Gasteiger partial charge on any atom is 0.0460 e. The van der Waals surface area contributed by atoms with Crippen LogP contribution in [0.2, 0.25) is 0 Å². The van der Waals surface area contributed by atoms with Crippen molar-refractivity contribution in [2.45, 2.75) is 47.2 Å². The molecule has 0 fully saturated rings. The van der Waals surface area contributed by atoms with Gasteiger partial charge in [0.25, 0.3) is 0 Å². The van der Waals surface area contributed by atoms with Crippen molar-refractivity contribution in [3.63, 3.8) is 0 Å². The Balaban J connectivity index is 2.72.